The highest BCUT2D eigenvalue weighted by Gasteiger charge is 2.43. The Bertz CT molecular complexity index is 1440. The number of nitrogens with one attached hydrogen (secondary N) is 1. The normalized spacial score (nSPS) is 20.2. The minimum absolute atomic E-state index is 0.0418. The van der Waals surface area contributed by atoms with Crippen molar-refractivity contribution in [1.82, 2.24) is 10.3 Å². The van der Waals surface area contributed by atoms with Gasteiger partial charge in [0.25, 0.3) is 0 Å². The topological polar surface area (TPSA) is 119 Å². The van der Waals surface area contributed by atoms with Gasteiger partial charge in [0.05, 0.1) is 43.7 Å². The second kappa shape index (κ2) is 12.0. The fourth-order valence-electron chi connectivity index (χ4n) is 5.15. The molecule has 0 amide bonds. The van der Waals surface area contributed by atoms with Gasteiger partial charge in [0.1, 0.15) is 30.3 Å². The molecule has 1 saturated heterocycles. The molecule has 9 nitrogen and oxygen atoms in total. The first-order valence-corrected chi connectivity index (χ1v) is 14.0. The summed E-state index contributed by atoms with van der Waals surface area (Å²) in [6.07, 6.45) is -0.507. The Kier molecular flexibility index (Phi) is 8.52. The molecule has 3 aromatic rings. The third-order valence-corrected chi connectivity index (χ3v) is 7.71. The maximum atomic E-state index is 13.7. The van der Waals surface area contributed by atoms with E-state index in [-0.39, 0.29) is 37.1 Å². The number of benzene rings is 2. The Balaban J connectivity index is 1.41. The molecule has 0 spiro atoms. The lowest BCUT2D eigenvalue weighted by molar-refractivity contribution is -0.0204. The van der Waals surface area contributed by atoms with Crippen LogP contribution >= 0.6 is 0 Å². The van der Waals surface area contributed by atoms with E-state index >= 15 is 0 Å². The van der Waals surface area contributed by atoms with E-state index in [4.69, 9.17) is 23.9 Å². The number of aromatic nitrogens is 1. The van der Waals surface area contributed by atoms with Gasteiger partial charge in [-0.15, -0.1) is 0 Å². The monoisotopic (exact) mass is 580 g/mol. The molecule has 2 aliphatic rings. The summed E-state index contributed by atoms with van der Waals surface area (Å²) in [5, 5.41) is 24.8. The van der Waals surface area contributed by atoms with E-state index in [2.05, 4.69) is 5.32 Å². The van der Waals surface area contributed by atoms with Crippen molar-refractivity contribution < 1.29 is 38.3 Å². The van der Waals surface area contributed by atoms with Crippen LogP contribution in [0, 0.1) is 5.82 Å². The van der Waals surface area contributed by atoms with Crippen molar-refractivity contribution in [2.45, 2.75) is 56.9 Å². The number of Topliss-reactive ketones (excluding diaryl/α,β-unsaturated/α-hetero) is 1. The van der Waals surface area contributed by atoms with Gasteiger partial charge in [0.15, 0.2) is 23.0 Å². The van der Waals surface area contributed by atoms with Crippen molar-refractivity contribution >= 4 is 5.78 Å². The van der Waals surface area contributed by atoms with Gasteiger partial charge in [0.2, 0.25) is 0 Å². The zero-order chi connectivity index (χ0) is 30.1. The lowest BCUT2D eigenvalue weighted by Gasteiger charge is -2.35. The van der Waals surface area contributed by atoms with E-state index in [9.17, 15) is 19.4 Å². The Labute approximate surface area is 244 Å². The number of rotatable bonds is 12. The molecule has 2 aromatic carbocycles. The summed E-state index contributed by atoms with van der Waals surface area (Å²) in [6, 6.07) is 12.9. The third kappa shape index (κ3) is 6.27. The number of fused-ring (bicyclic) bond motifs is 1. The van der Waals surface area contributed by atoms with E-state index in [0.29, 0.717) is 59.6 Å². The van der Waals surface area contributed by atoms with Crippen molar-refractivity contribution in [1.29, 1.82) is 0 Å². The molecule has 1 aromatic heterocycles. The Hall–Kier alpha value is -3.57. The summed E-state index contributed by atoms with van der Waals surface area (Å²) < 4.78 is 36.2. The molecule has 3 N–H and O–H groups in total. The molecule has 224 valence electrons. The fraction of sp³-hybridized carbons (Fsp3) is 0.438. The van der Waals surface area contributed by atoms with Crippen LogP contribution in [0.25, 0.3) is 11.3 Å². The van der Waals surface area contributed by atoms with Gasteiger partial charge in [-0.1, -0.05) is 0 Å². The number of ether oxygens (including phenoxy) is 4. The van der Waals surface area contributed by atoms with Crippen LogP contribution in [0.4, 0.5) is 4.39 Å². The summed E-state index contributed by atoms with van der Waals surface area (Å²) >= 11 is 0. The lowest BCUT2D eigenvalue weighted by Crippen LogP contribution is -2.55. The summed E-state index contributed by atoms with van der Waals surface area (Å²) in [7, 11) is 1.48. The van der Waals surface area contributed by atoms with E-state index < -0.39 is 17.2 Å². The van der Waals surface area contributed by atoms with Gasteiger partial charge in [-0.25, -0.2) is 9.37 Å². The molecule has 0 bridgehead atoms. The van der Waals surface area contributed by atoms with Crippen LogP contribution in [0.3, 0.4) is 0 Å². The molecule has 3 atom stereocenters. The zero-order valence-corrected chi connectivity index (χ0v) is 24.3. The summed E-state index contributed by atoms with van der Waals surface area (Å²) in [6.45, 7) is 6.94. The molecule has 42 heavy (non-hydrogen) atoms. The number of ketones is 1. The number of methoxy groups -OCH3 is 1. The smallest absolute Gasteiger partial charge is 0.163 e. The van der Waals surface area contributed by atoms with Gasteiger partial charge in [-0.3, -0.25) is 10.1 Å². The molecule has 1 fully saturated rings. The highest BCUT2D eigenvalue weighted by atomic mass is 19.1. The first-order valence-electron chi connectivity index (χ1n) is 14.0. The molecule has 0 saturated carbocycles. The average molecular weight is 581 g/mol. The van der Waals surface area contributed by atoms with Crippen LogP contribution in [0.5, 0.6) is 17.2 Å². The molecule has 5 rings (SSSR count). The first kappa shape index (κ1) is 29.9. The Morgan fingerprint density at radius 2 is 1.95 bits per heavy atom. The quantitative estimate of drug-likeness (QED) is 0.272. The Morgan fingerprint density at radius 1 is 1.21 bits per heavy atom. The predicted molar refractivity (Wildman–Crippen MR) is 154 cm³/mol. The van der Waals surface area contributed by atoms with Crippen LogP contribution in [-0.2, 0) is 15.9 Å². The summed E-state index contributed by atoms with van der Waals surface area (Å²) in [4.78, 5) is 18.0. The van der Waals surface area contributed by atoms with Gasteiger partial charge >= 0.3 is 0 Å². The van der Waals surface area contributed by atoms with E-state index in [1.54, 1.807) is 44.2 Å². The summed E-state index contributed by atoms with van der Waals surface area (Å²) in [5.41, 5.74) is 0.765. The number of pyridine rings is 1. The second-order valence-corrected chi connectivity index (χ2v) is 11.5. The highest BCUT2D eigenvalue weighted by Crippen LogP contribution is 2.45. The fourth-order valence-corrected chi connectivity index (χ4v) is 5.15. The van der Waals surface area contributed by atoms with Crippen LogP contribution in [0.2, 0.25) is 0 Å². The van der Waals surface area contributed by atoms with Gasteiger partial charge < -0.3 is 29.2 Å². The number of halogens is 1. The van der Waals surface area contributed by atoms with Crippen LogP contribution in [-0.4, -0.2) is 66.7 Å². The van der Waals surface area contributed by atoms with Crippen molar-refractivity contribution in [2.24, 2.45) is 0 Å². The van der Waals surface area contributed by atoms with Gasteiger partial charge in [-0.05, 0) is 75.7 Å². The molecule has 10 heteroatoms. The predicted octanol–water partition coefficient (Wildman–Crippen LogP) is 4.12. The number of hydrogen-bond acceptors (Lipinski definition) is 9. The van der Waals surface area contributed by atoms with Crippen LogP contribution in [0.15, 0.2) is 48.5 Å². The zero-order valence-electron chi connectivity index (χ0n) is 24.3. The van der Waals surface area contributed by atoms with Crippen molar-refractivity contribution in [3.05, 3.63) is 71.2 Å². The molecule has 2 aliphatic heterocycles. The van der Waals surface area contributed by atoms with Crippen molar-refractivity contribution in [2.75, 3.05) is 33.5 Å². The number of nitrogens with zero attached hydrogens (tertiary/aromatic N) is 1. The van der Waals surface area contributed by atoms with Gasteiger partial charge in [0, 0.05) is 23.1 Å². The van der Waals surface area contributed by atoms with Crippen molar-refractivity contribution in [3.63, 3.8) is 0 Å². The summed E-state index contributed by atoms with van der Waals surface area (Å²) in [5.74, 6) is 0.826. The average Bonchev–Trinajstić information content (AvgIpc) is 3.29. The minimum atomic E-state index is -1.47. The van der Waals surface area contributed by atoms with Crippen LogP contribution < -0.4 is 19.5 Å². The maximum absolute atomic E-state index is 13.7. The maximum Gasteiger partial charge on any atom is 0.163 e. The third-order valence-electron chi connectivity index (χ3n) is 7.71. The SMILES string of the molecule is COc1cc(C(=O)CCC(C)(O)c2cc3c(c(-c4ccc(F)cc4)n2)OCC3(C)NC2COC2)ccc1OCC(C)O. The van der Waals surface area contributed by atoms with E-state index in [1.165, 1.54) is 19.2 Å². The number of carbonyl (C=O) groups is 1. The van der Waals surface area contributed by atoms with Crippen LogP contribution in [0.1, 0.15) is 55.2 Å². The number of carbonyl (C=O) groups excluding carboxylic acids is 1. The number of aliphatic hydroxyl groups is 2. The largest absolute Gasteiger partial charge is 0.493 e. The Morgan fingerprint density at radius 3 is 2.60 bits per heavy atom. The highest BCUT2D eigenvalue weighted by molar-refractivity contribution is 5.96. The molecular formula is C32H37FN2O7. The van der Waals surface area contributed by atoms with Crippen molar-refractivity contribution in [3.8, 4) is 28.5 Å². The minimum Gasteiger partial charge on any atom is -0.493 e. The molecule has 0 aliphatic carbocycles. The molecule has 3 unspecified atom stereocenters. The standard InChI is InChI=1S/C32H37FN2O7/c1-19(36)15-41-26-10-7-21(13-27(26)39-4)25(37)11-12-32(3,38)28-14-24-30(29(34-28)20-5-8-22(33)9-6-20)42-18-31(24,2)35-23-16-40-17-23/h5-10,13-14,19,23,35-36,38H,11-12,15-18H2,1-4H3. The molecule has 3 heterocycles. The lowest BCUT2D eigenvalue weighted by atomic mass is 9.87. The van der Waals surface area contributed by atoms with E-state index in [0.717, 1.165) is 5.56 Å². The first-order chi connectivity index (χ1) is 20.0. The van der Waals surface area contributed by atoms with Gasteiger partial charge in [-0.2, -0.15) is 0 Å². The number of hydrogen-bond donors (Lipinski definition) is 3. The second-order valence-electron chi connectivity index (χ2n) is 11.5. The number of aliphatic hydroxyl groups excluding tert-OH is 1. The molecule has 0 radical (unpaired) electrons. The molecular weight excluding hydrogens is 543 g/mol. The van der Waals surface area contributed by atoms with E-state index in [1.807, 2.05) is 13.0 Å².